The second-order valence-electron chi connectivity index (χ2n) is 5.19. The van der Waals surface area contributed by atoms with Crippen molar-refractivity contribution in [1.29, 1.82) is 0 Å². The number of aromatic nitrogens is 1. The third-order valence-corrected chi connectivity index (χ3v) is 3.62. The van der Waals surface area contributed by atoms with E-state index in [4.69, 9.17) is 16.3 Å². The highest BCUT2D eigenvalue weighted by Crippen LogP contribution is 2.20. The second-order valence-corrected chi connectivity index (χ2v) is 5.58. The van der Waals surface area contributed by atoms with Gasteiger partial charge in [-0.2, -0.15) is 0 Å². The van der Waals surface area contributed by atoms with Gasteiger partial charge in [0.15, 0.2) is 0 Å². The molecule has 19 heavy (non-hydrogen) atoms. The summed E-state index contributed by atoms with van der Waals surface area (Å²) in [7, 11) is 1.81. The molecule has 1 aromatic rings. The van der Waals surface area contributed by atoms with Crippen LogP contribution in [0.25, 0.3) is 0 Å². The Bertz CT molecular complexity index is 471. The van der Waals surface area contributed by atoms with E-state index in [1.54, 1.807) is 11.0 Å². The summed E-state index contributed by atoms with van der Waals surface area (Å²) in [5.41, 5.74) is 1.44. The Morgan fingerprint density at radius 3 is 2.84 bits per heavy atom. The number of halogens is 1. The van der Waals surface area contributed by atoms with Crippen molar-refractivity contribution >= 4 is 17.5 Å². The zero-order chi connectivity index (χ0) is 14.0. The van der Waals surface area contributed by atoms with Crippen LogP contribution in [0.3, 0.4) is 0 Å². The molecule has 0 aliphatic carbocycles. The Morgan fingerprint density at radius 2 is 2.26 bits per heavy atom. The van der Waals surface area contributed by atoms with E-state index in [9.17, 15) is 4.79 Å². The molecular weight excluding hydrogens is 264 g/mol. The van der Waals surface area contributed by atoms with Gasteiger partial charge in [-0.25, -0.2) is 4.98 Å². The van der Waals surface area contributed by atoms with Crippen molar-refractivity contribution < 1.29 is 9.53 Å². The minimum absolute atomic E-state index is 0.0262. The maximum absolute atomic E-state index is 12.4. The molecule has 1 aliphatic heterocycles. The lowest BCUT2D eigenvalue weighted by Crippen LogP contribution is -2.37. The average molecular weight is 283 g/mol. The van der Waals surface area contributed by atoms with Gasteiger partial charge in [0.25, 0.3) is 5.91 Å². The molecule has 1 aromatic heterocycles. The largest absolute Gasteiger partial charge is 0.379 e. The van der Waals surface area contributed by atoms with Crippen LogP contribution in [0.15, 0.2) is 12.1 Å². The van der Waals surface area contributed by atoms with Gasteiger partial charge in [-0.05, 0) is 24.5 Å². The van der Waals surface area contributed by atoms with Crippen LogP contribution in [0.1, 0.15) is 42.2 Å². The number of hydrogen-bond donors (Lipinski definition) is 0. The van der Waals surface area contributed by atoms with E-state index < -0.39 is 0 Å². The summed E-state index contributed by atoms with van der Waals surface area (Å²) < 4.78 is 5.32. The van der Waals surface area contributed by atoms with Gasteiger partial charge in [-0.1, -0.05) is 25.4 Å². The van der Waals surface area contributed by atoms with Crippen LogP contribution in [0.4, 0.5) is 0 Å². The Morgan fingerprint density at radius 1 is 1.53 bits per heavy atom. The molecule has 1 atom stereocenters. The molecule has 104 valence electrons. The zero-order valence-electron chi connectivity index (χ0n) is 11.5. The minimum atomic E-state index is -0.0262. The van der Waals surface area contributed by atoms with E-state index in [1.807, 2.05) is 27.0 Å². The van der Waals surface area contributed by atoms with Gasteiger partial charge in [0.05, 0.1) is 12.6 Å². The van der Waals surface area contributed by atoms with Gasteiger partial charge in [0, 0.05) is 24.9 Å². The van der Waals surface area contributed by atoms with Crippen molar-refractivity contribution in [3.63, 3.8) is 0 Å². The number of hydrogen-bond acceptors (Lipinski definition) is 3. The Kier molecular flexibility index (Phi) is 4.42. The highest BCUT2D eigenvalue weighted by molar-refractivity contribution is 6.29. The molecule has 1 amide bonds. The summed E-state index contributed by atoms with van der Waals surface area (Å²) >= 11 is 6.00. The van der Waals surface area contributed by atoms with Gasteiger partial charge >= 0.3 is 0 Å². The van der Waals surface area contributed by atoms with Crippen molar-refractivity contribution in [3.8, 4) is 0 Å². The van der Waals surface area contributed by atoms with Gasteiger partial charge in [-0.15, -0.1) is 0 Å². The van der Waals surface area contributed by atoms with Gasteiger partial charge in [-0.3, -0.25) is 4.79 Å². The van der Waals surface area contributed by atoms with Gasteiger partial charge in [0.1, 0.15) is 5.15 Å². The first kappa shape index (κ1) is 14.3. The fraction of sp³-hybridized carbons (Fsp3) is 0.571. The standard InChI is InChI=1S/C14H19ClN2O2/c1-9(2)12-6-10(7-13(15)16-12)14(18)17(3)11-4-5-19-8-11/h6-7,9,11H,4-5,8H2,1-3H3. The lowest BCUT2D eigenvalue weighted by Gasteiger charge is -2.23. The average Bonchev–Trinajstić information content (AvgIpc) is 2.90. The molecule has 2 heterocycles. The first-order valence-electron chi connectivity index (χ1n) is 6.51. The number of pyridine rings is 1. The molecule has 5 heteroatoms. The third-order valence-electron chi connectivity index (χ3n) is 3.43. The summed E-state index contributed by atoms with van der Waals surface area (Å²) in [5, 5.41) is 0.366. The third kappa shape index (κ3) is 3.25. The lowest BCUT2D eigenvalue weighted by molar-refractivity contribution is 0.0711. The van der Waals surface area contributed by atoms with Crippen LogP contribution in [0, 0.1) is 0 Å². The Hall–Kier alpha value is -1.13. The molecule has 1 fully saturated rings. The summed E-state index contributed by atoms with van der Waals surface area (Å²) in [6.07, 6.45) is 0.887. The topological polar surface area (TPSA) is 42.4 Å². The van der Waals surface area contributed by atoms with Gasteiger partial charge < -0.3 is 9.64 Å². The van der Waals surface area contributed by atoms with Crippen LogP contribution in [0.2, 0.25) is 5.15 Å². The first-order chi connectivity index (χ1) is 8.99. The first-order valence-corrected chi connectivity index (χ1v) is 6.89. The Labute approximate surface area is 118 Å². The summed E-state index contributed by atoms with van der Waals surface area (Å²) in [5.74, 6) is 0.215. The summed E-state index contributed by atoms with van der Waals surface area (Å²) in [4.78, 5) is 18.4. The van der Waals surface area contributed by atoms with E-state index in [0.29, 0.717) is 17.3 Å². The fourth-order valence-corrected chi connectivity index (χ4v) is 2.35. The predicted octanol–water partition coefficient (Wildman–Crippen LogP) is 2.72. The molecule has 0 bridgehead atoms. The van der Waals surface area contributed by atoms with Crippen LogP contribution in [-0.4, -0.2) is 42.1 Å². The van der Waals surface area contributed by atoms with Gasteiger partial charge in [0.2, 0.25) is 0 Å². The zero-order valence-corrected chi connectivity index (χ0v) is 12.3. The van der Waals surface area contributed by atoms with E-state index in [-0.39, 0.29) is 17.9 Å². The van der Waals surface area contributed by atoms with Crippen molar-refractivity contribution in [2.75, 3.05) is 20.3 Å². The number of amides is 1. The molecule has 1 aliphatic rings. The quantitative estimate of drug-likeness (QED) is 0.801. The summed E-state index contributed by atoms with van der Waals surface area (Å²) in [6.45, 7) is 5.39. The van der Waals surface area contributed by atoms with Crippen molar-refractivity contribution in [2.45, 2.75) is 32.2 Å². The molecule has 1 unspecified atom stereocenters. The number of carbonyl (C=O) groups is 1. The van der Waals surface area contributed by atoms with E-state index in [0.717, 1.165) is 18.7 Å². The molecule has 0 N–H and O–H groups in total. The van der Waals surface area contributed by atoms with Crippen LogP contribution in [0.5, 0.6) is 0 Å². The highest BCUT2D eigenvalue weighted by atomic mass is 35.5. The molecule has 0 spiro atoms. The number of ether oxygens (including phenoxy) is 1. The highest BCUT2D eigenvalue weighted by Gasteiger charge is 2.25. The summed E-state index contributed by atoms with van der Waals surface area (Å²) in [6, 6.07) is 3.61. The molecule has 4 nitrogen and oxygen atoms in total. The van der Waals surface area contributed by atoms with E-state index >= 15 is 0 Å². The van der Waals surface area contributed by atoms with E-state index in [1.165, 1.54) is 0 Å². The van der Waals surface area contributed by atoms with Crippen LogP contribution >= 0.6 is 11.6 Å². The van der Waals surface area contributed by atoms with E-state index in [2.05, 4.69) is 4.98 Å². The number of rotatable bonds is 3. The molecule has 0 saturated carbocycles. The minimum Gasteiger partial charge on any atom is -0.379 e. The van der Waals surface area contributed by atoms with Crippen molar-refractivity contribution in [3.05, 3.63) is 28.5 Å². The maximum atomic E-state index is 12.4. The Balaban J connectivity index is 2.22. The van der Waals surface area contributed by atoms with Crippen molar-refractivity contribution in [2.24, 2.45) is 0 Å². The lowest BCUT2D eigenvalue weighted by atomic mass is 10.1. The smallest absolute Gasteiger partial charge is 0.254 e. The molecule has 0 aromatic carbocycles. The van der Waals surface area contributed by atoms with Crippen molar-refractivity contribution in [1.82, 2.24) is 9.88 Å². The number of carbonyl (C=O) groups excluding carboxylic acids is 1. The second kappa shape index (κ2) is 5.88. The fourth-order valence-electron chi connectivity index (χ4n) is 2.13. The molecular formula is C14H19ClN2O2. The molecule has 1 saturated heterocycles. The predicted molar refractivity (Wildman–Crippen MR) is 74.7 cm³/mol. The monoisotopic (exact) mass is 282 g/mol. The maximum Gasteiger partial charge on any atom is 0.254 e. The molecule has 2 rings (SSSR count). The molecule has 0 radical (unpaired) electrons. The van der Waals surface area contributed by atoms with Crippen LogP contribution < -0.4 is 0 Å². The number of nitrogens with zero attached hydrogens (tertiary/aromatic N) is 2. The SMILES string of the molecule is CC(C)c1cc(C(=O)N(C)C2CCOC2)cc(Cl)n1. The number of likely N-dealkylation sites (N-methyl/N-ethyl adjacent to an activating group) is 1. The van der Waals surface area contributed by atoms with Crippen LogP contribution in [-0.2, 0) is 4.74 Å². The normalized spacial score (nSPS) is 18.9.